The van der Waals surface area contributed by atoms with Crippen LogP contribution >= 0.6 is 0 Å². The van der Waals surface area contributed by atoms with E-state index in [0.29, 0.717) is 6.42 Å². The van der Waals surface area contributed by atoms with Crippen LogP contribution in [0.2, 0.25) is 0 Å². The number of imidazole rings is 1. The van der Waals surface area contributed by atoms with Crippen LogP contribution in [0, 0.1) is 18.4 Å². The number of terminal acetylenes is 1. The second kappa shape index (κ2) is 4.49. The number of carbonyl (C=O) groups is 1. The fraction of sp³-hybridized carbons (Fsp3) is 0.385. The zero-order valence-electron chi connectivity index (χ0n) is 11.2. The molecule has 1 fully saturated rings. The molecule has 0 saturated carbocycles. The number of nitrogens with zero attached hydrogens (tertiary/aromatic N) is 4. The van der Waals surface area contributed by atoms with E-state index in [4.69, 9.17) is 16.9 Å². The largest absolute Gasteiger partial charge is 0.382 e. The first kappa shape index (κ1) is 13.5. The molecule has 0 amide bonds. The summed E-state index contributed by atoms with van der Waals surface area (Å²) in [6, 6.07) is 0. The standard InChI is InChI=1S/C13H12FN5O2/c1-3-13(4-2)7(20)5-8(21-13)19-6-16-9-10(15)17-12(14)18-11(9)19/h1,6,8H,4-5H2,2H3,(H2,15,17,18)/t8-,13-/m1/s1. The highest BCUT2D eigenvalue weighted by atomic mass is 19.1. The molecule has 0 unspecified atom stereocenters. The fourth-order valence-corrected chi connectivity index (χ4v) is 2.44. The maximum absolute atomic E-state index is 13.3. The van der Waals surface area contributed by atoms with Crippen LogP contribution in [-0.2, 0) is 9.53 Å². The predicted octanol–water partition coefficient (Wildman–Crippen LogP) is 0.818. The quantitative estimate of drug-likeness (QED) is 0.649. The number of ketones is 1. The van der Waals surface area contributed by atoms with Crippen LogP contribution in [0.3, 0.4) is 0 Å². The van der Waals surface area contributed by atoms with Gasteiger partial charge in [-0.15, -0.1) is 6.42 Å². The number of carbonyl (C=O) groups excluding carboxylic acids is 1. The number of fused-ring (bicyclic) bond motifs is 1. The highest BCUT2D eigenvalue weighted by Crippen LogP contribution is 2.36. The first-order chi connectivity index (χ1) is 10.0. The summed E-state index contributed by atoms with van der Waals surface area (Å²) in [5, 5.41) is 0. The van der Waals surface area contributed by atoms with E-state index >= 15 is 0 Å². The summed E-state index contributed by atoms with van der Waals surface area (Å²) >= 11 is 0. The number of anilines is 1. The van der Waals surface area contributed by atoms with E-state index in [0.717, 1.165) is 0 Å². The van der Waals surface area contributed by atoms with E-state index in [2.05, 4.69) is 20.9 Å². The number of hydrogen-bond acceptors (Lipinski definition) is 6. The molecule has 1 saturated heterocycles. The van der Waals surface area contributed by atoms with E-state index < -0.39 is 17.9 Å². The van der Waals surface area contributed by atoms with E-state index in [1.54, 1.807) is 6.92 Å². The van der Waals surface area contributed by atoms with E-state index in [9.17, 15) is 9.18 Å². The van der Waals surface area contributed by atoms with Crippen LogP contribution < -0.4 is 5.73 Å². The van der Waals surface area contributed by atoms with Crippen LogP contribution in [-0.4, -0.2) is 30.9 Å². The van der Waals surface area contributed by atoms with Crippen molar-refractivity contribution in [3.8, 4) is 12.3 Å². The van der Waals surface area contributed by atoms with E-state index in [1.807, 2.05) is 0 Å². The number of hydrogen-bond donors (Lipinski definition) is 1. The van der Waals surface area contributed by atoms with Gasteiger partial charge in [0.2, 0.25) is 0 Å². The van der Waals surface area contributed by atoms with Gasteiger partial charge in [-0.2, -0.15) is 14.4 Å². The minimum absolute atomic E-state index is 0.0645. The topological polar surface area (TPSA) is 95.9 Å². The van der Waals surface area contributed by atoms with Crippen molar-refractivity contribution >= 4 is 22.8 Å². The molecule has 0 aromatic carbocycles. The van der Waals surface area contributed by atoms with E-state index in [1.165, 1.54) is 10.9 Å². The Hall–Kier alpha value is -2.53. The summed E-state index contributed by atoms with van der Waals surface area (Å²) in [5.74, 6) is 2.14. The molecular formula is C13H12FN5O2. The van der Waals surface area contributed by atoms with Crippen molar-refractivity contribution in [2.75, 3.05) is 5.73 Å². The van der Waals surface area contributed by atoms with Gasteiger partial charge in [-0.1, -0.05) is 12.8 Å². The van der Waals surface area contributed by atoms with Crippen molar-refractivity contribution < 1.29 is 13.9 Å². The van der Waals surface area contributed by atoms with Gasteiger partial charge in [0.1, 0.15) is 6.23 Å². The molecule has 2 aromatic heterocycles. The highest BCUT2D eigenvalue weighted by Gasteiger charge is 2.46. The van der Waals surface area contributed by atoms with Crippen molar-refractivity contribution in [1.82, 2.24) is 19.5 Å². The van der Waals surface area contributed by atoms with Crippen LogP contribution in [0.15, 0.2) is 6.33 Å². The zero-order chi connectivity index (χ0) is 15.2. The first-order valence-corrected chi connectivity index (χ1v) is 6.35. The third kappa shape index (κ3) is 1.86. The van der Waals surface area contributed by atoms with Crippen molar-refractivity contribution in [2.24, 2.45) is 0 Å². The van der Waals surface area contributed by atoms with E-state index in [-0.39, 0.29) is 29.2 Å². The van der Waals surface area contributed by atoms with Crippen molar-refractivity contribution in [3.63, 3.8) is 0 Å². The molecule has 2 N–H and O–H groups in total. The van der Waals surface area contributed by atoms with Crippen molar-refractivity contribution in [3.05, 3.63) is 12.4 Å². The van der Waals surface area contributed by atoms with Crippen molar-refractivity contribution in [1.29, 1.82) is 0 Å². The Morgan fingerprint density at radius 3 is 3.05 bits per heavy atom. The molecule has 2 atom stereocenters. The molecule has 0 spiro atoms. The summed E-state index contributed by atoms with van der Waals surface area (Å²) in [7, 11) is 0. The Bertz CT molecular complexity index is 781. The molecule has 3 heterocycles. The van der Waals surface area contributed by atoms with Gasteiger partial charge in [0.15, 0.2) is 28.4 Å². The lowest BCUT2D eigenvalue weighted by atomic mass is 9.97. The molecular weight excluding hydrogens is 277 g/mol. The average molecular weight is 289 g/mol. The normalized spacial score (nSPS) is 25.4. The SMILES string of the molecule is C#C[C@]1(CC)O[C@@H](n2cnc3c(N)nc(F)nc32)CC1=O. The lowest BCUT2D eigenvalue weighted by Crippen LogP contribution is -2.33. The van der Waals surface area contributed by atoms with Gasteiger partial charge in [-0.25, -0.2) is 4.98 Å². The molecule has 1 aliphatic heterocycles. The van der Waals surface area contributed by atoms with Gasteiger partial charge in [-0.05, 0) is 6.42 Å². The first-order valence-electron chi connectivity index (χ1n) is 6.35. The Morgan fingerprint density at radius 2 is 2.43 bits per heavy atom. The molecule has 3 rings (SSSR count). The number of halogens is 1. The minimum atomic E-state index is -1.25. The lowest BCUT2D eigenvalue weighted by molar-refractivity contribution is -0.128. The van der Waals surface area contributed by atoms with Crippen LogP contribution in [0.4, 0.5) is 10.2 Å². The monoisotopic (exact) mass is 289 g/mol. The number of rotatable bonds is 2. The third-order valence-electron chi connectivity index (χ3n) is 3.61. The van der Waals surface area contributed by atoms with Gasteiger partial charge in [0, 0.05) is 0 Å². The van der Waals surface area contributed by atoms with Gasteiger partial charge >= 0.3 is 6.08 Å². The summed E-state index contributed by atoms with van der Waals surface area (Å²) in [6.07, 6.45) is 5.57. The fourth-order valence-electron chi connectivity index (χ4n) is 2.44. The average Bonchev–Trinajstić information content (AvgIpc) is 3.00. The molecule has 7 nitrogen and oxygen atoms in total. The number of Topliss-reactive ketones (excluding diaryl/α,β-unsaturated/α-hetero) is 1. The summed E-state index contributed by atoms with van der Waals surface area (Å²) in [5.41, 5.74) is 4.76. The number of aromatic nitrogens is 4. The number of ether oxygens (including phenoxy) is 1. The second-order valence-corrected chi connectivity index (χ2v) is 4.73. The van der Waals surface area contributed by atoms with Gasteiger partial charge < -0.3 is 10.5 Å². The molecule has 8 heteroatoms. The minimum Gasteiger partial charge on any atom is -0.382 e. The Balaban J connectivity index is 2.07. The molecule has 0 radical (unpaired) electrons. The number of nitrogens with two attached hydrogens (primary N) is 1. The predicted molar refractivity (Wildman–Crippen MR) is 71.3 cm³/mol. The van der Waals surface area contributed by atoms with Crippen LogP contribution in [0.25, 0.3) is 11.2 Å². The Morgan fingerprint density at radius 1 is 1.67 bits per heavy atom. The van der Waals surface area contributed by atoms with Gasteiger partial charge in [0.05, 0.1) is 12.7 Å². The Kier molecular flexibility index (Phi) is 2.88. The number of nitrogen functional groups attached to an aromatic ring is 1. The maximum atomic E-state index is 13.3. The molecule has 1 aliphatic rings. The lowest BCUT2D eigenvalue weighted by Gasteiger charge is -2.20. The van der Waals surface area contributed by atoms with Gasteiger partial charge in [-0.3, -0.25) is 9.36 Å². The molecule has 21 heavy (non-hydrogen) atoms. The smallest absolute Gasteiger partial charge is 0.312 e. The summed E-state index contributed by atoms with van der Waals surface area (Å²) in [6.45, 7) is 1.77. The summed E-state index contributed by atoms with van der Waals surface area (Å²) < 4.78 is 20.5. The zero-order valence-corrected chi connectivity index (χ0v) is 11.2. The third-order valence-corrected chi connectivity index (χ3v) is 3.61. The van der Waals surface area contributed by atoms with Crippen LogP contribution in [0.5, 0.6) is 0 Å². The molecule has 0 aliphatic carbocycles. The van der Waals surface area contributed by atoms with Crippen molar-refractivity contribution in [2.45, 2.75) is 31.6 Å². The molecule has 0 bridgehead atoms. The highest BCUT2D eigenvalue weighted by molar-refractivity contribution is 5.92. The van der Waals surface area contributed by atoms with Gasteiger partial charge in [0.25, 0.3) is 0 Å². The maximum Gasteiger partial charge on any atom is 0.312 e. The summed E-state index contributed by atoms with van der Waals surface area (Å²) in [4.78, 5) is 23.2. The Labute approximate surface area is 119 Å². The second-order valence-electron chi connectivity index (χ2n) is 4.73. The molecule has 108 valence electrons. The van der Waals surface area contributed by atoms with Crippen LogP contribution in [0.1, 0.15) is 26.0 Å². The molecule has 2 aromatic rings.